The van der Waals surface area contributed by atoms with E-state index in [0.717, 1.165) is 0 Å². The van der Waals surface area contributed by atoms with Crippen LogP contribution < -0.4 is 5.32 Å². The minimum atomic E-state index is -0.746. The van der Waals surface area contributed by atoms with Crippen LogP contribution in [0.2, 0.25) is 0 Å². The molecule has 148 valence electrons. The Kier molecular flexibility index (Phi) is 5.73. The van der Waals surface area contributed by atoms with E-state index in [0.29, 0.717) is 16.7 Å². The molecule has 0 amide bonds. The van der Waals surface area contributed by atoms with Crippen LogP contribution in [0.15, 0.2) is 71.9 Å². The van der Waals surface area contributed by atoms with Crippen LogP contribution in [0.1, 0.15) is 17.2 Å². The van der Waals surface area contributed by atoms with E-state index in [2.05, 4.69) is 5.32 Å². The Hall–Kier alpha value is -3.94. The first-order valence-corrected chi connectivity index (χ1v) is 8.65. The van der Waals surface area contributed by atoms with Crippen molar-refractivity contribution in [2.75, 3.05) is 14.2 Å². The molecule has 0 saturated carbocycles. The van der Waals surface area contributed by atoms with Crippen molar-refractivity contribution < 1.29 is 24.0 Å². The fourth-order valence-electron chi connectivity index (χ4n) is 3.16. The van der Waals surface area contributed by atoms with Gasteiger partial charge in [-0.15, -0.1) is 0 Å². The van der Waals surface area contributed by atoms with Gasteiger partial charge in [-0.2, -0.15) is 0 Å². The zero-order valence-electron chi connectivity index (χ0n) is 15.7. The summed E-state index contributed by atoms with van der Waals surface area (Å²) in [7, 11) is 2.45. The van der Waals surface area contributed by atoms with Crippen LogP contribution in [0, 0.1) is 10.1 Å². The van der Waals surface area contributed by atoms with Crippen molar-refractivity contribution in [2.45, 2.75) is 6.04 Å². The van der Waals surface area contributed by atoms with E-state index >= 15 is 0 Å². The van der Waals surface area contributed by atoms with E-state index in [-0.39, 0.29) is 16.8 Å². The van der Waals surface area contributed by atoms with Gasteiger partial charge in [0.2, 0.25) is 0 Å². The molecule has 1 unspecified atom stereocenters. The highest BCUT2D eigenvalue weighted by atomic mass is 16.6. The number of rotatable bonds is 5. The van der Waals surface area contributed by atoms with Crippen molar-refractivity contribution in [3.05, 3.63) is 93.2 Å². The number of nitrogens with one attached hydrogen (secondary N) is 1. The van der Waals surface area contributed by atoms with Gasteiger partial charge in [-0.25, -0.2) is 9.59 Å². The Labute approximate surface area is 166 Å². The lowest BCUT2D eigenvalue weighted by molar-refractivity contribution is -0.384. The summed E-state index contributed by atoms with van der Waals surface area (Å²) in [5, 5.41) is 14.0. The van der Waals surface area contributed by atoms with Crippen LogP contribution in [-0.2, 0) is 19.1 Å². The van der Waals surface area contributed by atoms with Gasteiger partial charge in [0.15, 0.2) is 0 Å². The average Bonchev–Trinajstić information content (AvgIpc) is 2.77. The number of benzene rings is 2. The molecule has 0 aliphatic carbocycles. The lowest BCUT2D eigenvalue weighted by Gasteiger charge is -2.28. The molecule has 29 heavy (non-hydrogen) atoms. The minimum Gasteiger partial charge on any atom is -0.466 e. The Morgan fingerprint density at radius 2 is 1.59 bits per heavy atom. The van der Waals surface area contributed by atoms with Gasteiger partial charge < -0.3 is 14.8 Å². The van der Waals surface area contributed by atoms with E-state index in [1.807, 2.05) is 18.2 Å². The molecule has 0 spiro atoms. The molecule has 0 radical (unpaired) electrons. The zero-order valence-corrected chi connectivity index (χ0v) is 15.7. The first-order chi connectivity index (χ1) is 14.0. The lowest BCUT2D eigenvalue weighted by Crippen LogP contribution is -2.31. The van der Waals surface area contributed by atoms with Crippen LogP contribution >= 0.6 is 0 Å². The third-order valence-corrected chi connectivity index (χ3v) is 4.54. The molecular formula is C21H18N2O6. The molecule has 1 atom stereocenters. The van der Waals surface area contributed by atoms with Gasteiger partial charge >= 0.3 is 11.9 Å². The van der Waals surface area contributed by atoms with Gasteiger partial charge in [-0.3, -0.25) is 10.1 Å². The molecule has 2 aromatic rings. The molecule has 0 bridgehead atoms. The molecule has 1 heterocycles. The van der Waals surface area contributed by atoms with E-state index in [9.17, 15) is 19.7 Å². The molecule has 1 N–H and O–H groups in total. The fraction of sp³-hybridized carbons (Fsp3) is 0.143. The quantitative estimate of drug-likeness (QED) is 0.472. The second kappa shape index (κ2) is 8.39. The molecule has 3 rings (SSSR count). The highest BCUT2D eigenvalue weighted by molar-refractivity contribution is 6.13. The van der Waals surface area contributed by atoms with Crippen molar-refractivity contribution in [3.8, 4) is 0 Å². The van der Waals surface area contributed by atoms with Gasteiger partial charge in [0.25, 0.3) is 5.69 Å². The fourth-order valence-corrected chi connectivity index (χ4v) is 3.16. The van der Waals surface area contributed by atoms with E-state index in [1.54, 1.807) is 18.3 Å². The Morgan fingerprint density at radius 1 is 0.966 bits per heavy atom. The number of carbonyl (C=O) groups is 2. The first-order valence-electron chi connectivity index (χ1n) is 8.65. The molecule has 8 nitrogen and oxygen atoms in total. The number of non-ortho nitro benzene ring substituents is 1. The Bertz CT molecular complexity index is 1010. The van der Waals surface area contributed by atoms with Crippen LogP contribution in [0.3, 0.4) is 0 Å². The SMILES string of the molecule is COC(=O)C1=C(C(=O)OC)C(c2ccc([N+](=O)[O-])cc2)NC=C1c1ccccc1. The maximum Gasteiger partial charge on any atom is 0.339 e. The monoisotopic (exact) mass is 394 g/mol. The van der Waals surface area contributed by atoms with Crippen LogP contribution in [0.5, 0.6) is 0 Å². The normalized spacial score (nSPS) is 15.8. The average molecular weight is 394 g/mol. The van der Waals surface area contributed by atoms with Crippen molar-refractivity contribution in [1.82, 2.24) is 5.32 Å². The molecule has 1 aliphatic rings. The predicted octanol–water partition coefficient (Wildman–Crippen LogP) is 2.92. The van der Waals surface area contributed by atoms with Crippen molar-refractivity contribution >= 4 is 23.2 Å². The van der Waals surface area contributed by atoms with Crippen LogP contribution in [0.25, 0.3) is 5.57 Å². The van der Waals surface area contributed by atoms with Gasteiger partial charge in [-0.1, -0.05) is 30.3 Å². The summed E-state index contributed by atoms with van der Waals surface area (Å²) in [5.74, 6) is -1.39. The minimum absolute atomic E-state index is 0.0644. The summed E-state index contributed by atoms with van der Waals surface area (Å²) in [6.07, 6.45) is 1.63. The number of nitro benzene ring substituents is 1. The first kappa shape index (κ1) is 19.8. The van der Waals surface area contributed by atoms with E-state index in [1.165, 1.54) is 38.5 Å². The number of ether oxygens (including phenoxy) is 2. The van der Waals surface area contributed by atoms with Gasteiger partial charge in [0.05, 0.1) is 36.3 Å². The highest BCUT2D eigenvalue weighted by Crippen LogP contribution is 2.37. The summed E-state index contributed by atoms with van der Waals surface area (Å²) in [6.45, 7) is 0. The van der Waals surface area contributed by atoms with Crippen molar-refractivity contribution in [1.29, 1.82) is 0 Å². The highest BCUT2D eigenvalue weighted by Gasteiger charge is 2.35. The van der Waals surface area contributed by atoms with E-state index in [4.69, 9.17) is 9.47 Å². The maximum atomic E-state index is 12.7. The van der Waals surface area contributed by atoms with Gasteiger partial charge in [0.1, 0.15) is 0 Å². The topological polar surface area (TPSA) is 108 Å². The number of nitro groups is 1. The summed E-state index contributed by atoms with van der Waals surface area (Å²) >= 11 is 0. The van der Waals surface area contributed by atoms with E-state index < -0.39 is 22.9 Å². The van der Waals surface area contributed by atoms with Crippen LogP contribution in [0.4, 0.5) is 5.69 Å². The van der Waals surface area contributed by atoms with Crippen molar-refractivity contribution in [3.63, 3.8) is 0 Å². The van der Waals surface area contributed by atoms with Gasteiger partial charge in [-0.05, 0) is 23.3 Å². The second-order valence-corrected chi connectivity index (χ2v) is 6.14. The number of dihydropyridines is 1. The smallest absolute Gasteiger partial charge is 0.339 e. The molecule has 8 heteroatoms. The number of hydrogen-bond acceptors (Lipinski definition) is 7. The third-order valence-electron chi connectivity index (χ3n) is 4.54. The number of esters is 2. The summed E-state index contributed by atoms with van der Waals surface area (Å²) < 4.78 is 9.87. The van der Waals surface area contributed by atoms with Crippen LogP contribution in [-0.4, -0.2) is 31.1 Å². The summed E-state index contributed by atoms with van der Waals surface area (Å²) in [6, 6.07) is 14.0. The standard InChI is InChI=1S/C21H18N2O6/c1-28-20(24)17-16(13-6-4-3-5-7-13)12-22-19(18(17)21(25)29-2)14-8-10-15(11-9-14)23(26)27/h3-12,19,22H,1-2H3. The Balaban J connectivity index is 2.18. The summed E-state index contributed by atoms with van der Waals surface area (Å²) in [5.41, 5.74) is 1.81. The largest absolute Gasteiger partial charge is 0.466 e. The number of carbonyl (C=O) groups excluding carboxylic acids is 2. The zero-order chi connectivity index (χ0) is 21.0. The second-order valence-electron chi connectivity index (χ2n) is 6.14. The molecule has 0 saturated heterocycles. The molecular weight excluding hydrogens is 376 g/mol. The number of hydrogen-bond donors (Lipinski definition) is 1. The predicted molar refractivity (Wildman–Crippen MR) is 104 cm³/mol. The third kappa shape index (κ3) is 3.86. The molecule has 0 fully saturated rings. The Morgan fingerprint density at radius 3 is 2.14 bits per heavy atom. The number of nitrogens with zero attached hydrogens (tertiary/aromatic N) is 1. The van der Waals surface area contributed by atoms with Crippen molar-refractivity contribution in [2.24, 2.45) is 0 Å². The number of methoxy groups -OCH3 is 2. The molecule has 1 aliphatic heterocycles. The van der Waals surface area contributed by atoms with Gasteiger partial charge in [0, 0.05) is 23.9 Å². The molecule has 2 aromatic carbocycles. The maximum absolute atomic E-state index is 12.7. The lowest BCUT2D eigenvalue weighted by atomic mass is 9.85. The molecule has 0 aromatic heterocycles. The summed E-state index contributed by atoms with van der Waals surface area (Å²) in [4.78, 5) is 35.7.